The lowest BCUT2D eigenvalue weighted by Gasteiger charge is -2.34. The average Bonchev–Trinajstić information content (AvgIpc) is 3.05. The van der Waals surface area contributed by atoms with Crippen LogP contribution < -0.4 is 4.90 Å². The second-order valence-corrected chi connectivity index (χ2v) is 6.97. The molecule has 0 spiro atoms. The van der Waals surface area contributed by atoms with Crippen molar-refractivity contribution in [1.29, 1.82) is 0 Å². The zero-order valence-electron chi connectivity index (χ0n) is 15.7. The average molecular weight is 433 g/mol. The minimum absolute atomic E-state index is 0.0999. The van der Waals surface area contributed by atoms with Gasteiger partial charge in [-0.1, -0.05) is 11.6 Å². The molecule has 0 bridgehead atoms. The number of fused-ring (bicyclic) bond motifs is 1. The van der Waals surface area contributed by atoms with Crippen LogP contribution >= 0.6 is 11.6 Å². The minimum Gasteiger partial charge on any atom is -0.452 e. The second-order valence-electron chi connectivity index (χ2n) is 6.53. The molecule has 30 heavy (non-hydrogen) atoms. The maximum absolute atomic E-state index is 12.9. The van der Waals surface area contributed by atoms with Gasteiger partial charge in [-0.3, -0.25) is 19.5 Å². The second kappa shape index (κ2) is 8.59. The molecule has 2 amide bonds. The van der Waals surface area contributed by atoms with Crippen molar-refractivity contribution >= 4 is 35.9 Å². The normalized spacial score (nSPS) is 18.8. The zero-order valence-corrected chi connectivity index (χ0v) is 16.4. The highest BCUT2D eigenvalue weighted by Crippen LogP contribution is 2.35. The molecule has 0 aromatic carbocycles. The quantitative estimate of drug-likeness (QED) is 0.639. The number of carbonyl (C=O) groups is 3. The van der Waals surface area contributed by atoms with Crippen LogP contribution in [0.25, 0.3) is 0 Å². The van der Waals surface area contributed by atoms with Crippen molar-refractivity contribution in [2.45, 2.75) is 6.23 Å². The van der Waals surface area contributed by atoms with E-state index in [1.807, 2.05) is 4.90 Å². The lowest BCUT2D eigenvalue weighted by atomic mass is 10.3. The van der Waals surface area contributed by atoms with Crippen LogP contribution in [-0.4, -0.2) is 76.1 Å². The number of carbonyl (C=O) groups excluding carboxylic acids is 3. The molecule has 4 heterocycles. The fraction of sp³-hybridized carbons (Fsp3) is 0.333. The smallest absolute Gasteiger partial charge is 0.412 e. The number of halogens is 1. The van der Waals surface area contributed by atoms with E-state index in [0.717, 1.165) is 0 Å². The molecule has 12 heteroatoms. The fourth-order valence-corrected chi connectivity index (χ4v) is 3.36. The Bertz CT molecular complexity index is 950. The molecule has 156 valence electrons. The summed E-state index contributed by atoms with van der Waals surface area (Å²) in [5.74, 6) is -0.209. The van der Waals surface area contributed by atoms with E-state index in [1.54, 1.807) is 12.1 Å². The third-order valence-corrected chi connectivity index (χ3v) is 4.97. The molecule has 1 saturated heterocycles. The van der Waals surface area contributed by atoms with Crippen LogP contribution in [0.1, 0.15) is 22.4 Å². The summed E-state index contributed by atoms with van der Waals surface area (Å²) in [7, 11) is 0. The molecule has 0 aliphatic carbocycles. The fourth-order valence-electron chi connectivity index (χ4n) is 3.25. The van der Waals surface area contributed by atoms with Gasteiger partial charge in [-0.25, -0.2) is 19.7 Å². The maximum atomic E-state index is 12.9. The van der Waals surface area contributed by atoms with Gasteiger partial charge in [-0.05, 0) is 12.1 Å². The first kappa shape index (κ1) is 20.0. The van der Waals surface area contributed by atoms with Crippen molar-refractivity contribution in [2.75, 3.05) is 37.8 Å². The number of ether oxygens (including phenoxy) is 2. The molecule has 4 rings (SSSR count). The summed E-state index contributed by atoms with van der Waals surface area (Å²) in [6.45, 7) is 2.36. The van der Waals surface area contributed by atoms with Crippen molar-refractivity contribution in [2.24, 2.45) is 0 Å². The third-order valence-electron chi connectivity index (χ3n) is 4.74. The van der Waals surface area contributed by atoms with Crippen LogP contribution in [0.3, 0.4) is 0 Å². The van der Waals surface area contributed by atoms with Crippen LogP contribution in [0.5, 0.6) is 0 Å². The third kappa shape index (κ3) is 3.89. The summed E-state index contributed by atoms with van der Waals surface area (Å²) in [6, 6.07) is 3.14. The highest BCUT2D eigenvalue weighted by atomic mass is 35.5. The van der Waals surface area contributed by atoms with E-state index in [0.29, 0.717) is 37.7 Å². The van der Waals surface area contributed by atoms with E-state index in [2.05, 4.69) is 15.0 Å². The van der Waals surface area contributed by atoms with Crippen molar-refractivity contribution in [1.82, 2.24) is 24.8 Å². The van der Waals surface area contributed by atoms with Crippen LogP contribution in [0.15, 0.2) is 30.7 Å². The SMILES string of the molecule is O=COCN1CCN(C(=O)OC2c3nccnc3C(=O)N2c2ccc(Cl)cn2)CC1. The molecule has 1 unspecified atom stereocenters. The van der Waals surface area contributed by atoms with Gasteiger partial charge in [0.05, 0.1) is 5.02 Å². The predicted molar refractivity (Wildman–Crippen MR) is 102 cm³/mol. The Morgan fingerprint density at radius 1 is 1.17 bits per heavy atom. The van der Waals surface area contributed by atoms with Gasteiger partial charge in [-0.15, -0.1) is 0 Å². The van der Waals surface area contributed by atoms with E-state index >= 15 is 0 Å². The van der Waals surface area contributed by atoms with Crippen LogP contribution in [0.2, 0.25) is 5.02 Å². The van der Waals surface area contributed by atoms with Gasteiger partial charge in [0.25, 0.3) is 12.4 Å². The van der Waals surface area contributed by atoms with E-state index in [1.165, 1.54) is 28.4 Å². The largest absolute Gasteiger partial charge is 0.452 e. The predicted octanol–water partition coefficient (Wildman–Crippen LogP) is 1.07. The molecule has 0 saturated carbocycles. The number of amides is 2. The molecule has 1 fully saturated rings. The lowest BCUT2D eigenvalue weighted by molar-refractivity contribution is -0.133. The van der Waals surface area contributed by atoms with Gasteiger partial charge in [0, 0.05) is 44.8 Å². The molecule has 0 N–H and O–H groups in total. The number of anilines is 1. The number of nitrogens with zero attached hydrogens (tertiary/aromatic N) is 6. The van der Waals surface area contributed by atoms with Gasteiger partial charge in [-0.2, -0.15) is 0 Å². The van der Waals surface area contributed by atoms with Crippen molar-refractivity contribution in [3.8, 4) is 0 Å². The number of hydrogen-bond donors (Lipinski definition) is 0. The minimum atomic E-state index is -1.10. The summed E-state index contributed by atoms with van der Waals surface area (Å²) >= 11 is 5.89. The Kier molecular flexibility index (Phi) is 5.72. The van der Waals surface area contributed by atoms with Gasteiger partial charge < -0.3 is 14.4 Å². The Morgan fingerprint density at radius 3 is 2.63 bits per heavy atom. The Balaban J connectivity index is 1.52. The molecule has 1 atom stereocenters. The van der Waals surface area contributed by atoms with Crippen LogP contribution in [0, 0.1) is 0 Å². The first-order valence-corrected chi connectivity index (χ1v) is 9.45. The highest BCUT2D eigenvalue weighted by Gasteiger charge is 2.44. The van der Waals surface area contributed by atoms with Gasteiger partial charge in [0.1, 0.15) is 18.2 Å². The Morgan fingerprint density at radius 2 is 1.93 bits per heavy atom. The van der Waals surface area contributed by atoms with Gasteiger partial charge in [0.15, 0.2) is 5.69 Å². The lowest BCUT2D eigenvalue weighted by Crippen LogP contribution is -2.50. The maximum Gasteiger partial charge on any atom is 0.412 e. The Labute approximate surface area is 176 Å². The monoisotopic (exact) mass is 432 g/mol. The van der Waals surface area contributed by atoms with Gasteiger partial charge in [0.2, 0.25) is 6.23 Å². The molecule has 2 aromatic rings. The van der Waals surface area contributed by atoms with Gasteiger partial charge >= 0.3 is 6.09 Å². The number of pyridine rings is 1. The van der Waals surface area contributed by atoms with E-state index in [9.17, 15) is 14.4 Å². The molecule has 0 radical (unpaired) electrons. The van der Waals surface area contributed by atoms with Crippen molar-refractivity contribution in [3.05, 3.63) is 47.1 Å². The van der Waals surface area contributed by atoms with Crippen LogP contribution in [0.4, 0.5) is 10.6 Å². The number of hydrogen-bond acceptors (Lipinski definition) is 9. The molecule has 2 aliphatic rings. The molecular formula is C18H17ClN6O5. The summed E-state index contributed by atoms with van der Waals surface area (Å²) in [5.41, 5.74) is 0.341. The molecule has 2 aromatic heterocycles. The van der Waals surface area contributed by atoms with E-state index in [-0.39, 0.29) is 23.9 Å². The summed E-state index contributed by atoms with van der Waals surface area (Å²) in [5, 5.41) is 0.407. The molecule has 2 aliphatic heterocycles. The first-order chi connectivity index (χ1) is 14.6. The molecular weight excluding hydrogens is 416 g/mol. The number of piperazine rings is 1. The standard InChI is InChI=1S/C18H17ClN6O5/c19-12-1-2-13(22-9-12)25-16(27)14-15(21-4-3-20-14)17(25)30-18(28)24-7-5-23(6-8-24)10-29-11-26/h1-4,9,11,17H,5-8,10H2. The zero-order chi connectivity index (χ0) is 21.1. The van der Waals surface area contributed by atoms with Crippen LogP contribution in [-0.2, 0) is 14.3 Å². The van der Waals surface area contributed by atoms with Crippen molar-refractivity contribution < 1.29 is 23.9 Å². The highest BCUT2D eigenvalue weighted by molar-refractivity contribution is 6.30. The van der Waals surface area contributed by atoms with E-state index in [4.69, 9.17) is 21.1 Å². The summed E-state index contributed by atoms with van der Waals surface area (Å²) in [6.07, 6.45) is 2.53. The summed E-state index contributed by atoms with van der Waals surface area (Å²) in [4.78, 5) is 53.1. The number of rotatable bonds is 5. The summed E-state index contributed by atoms with van der Waals surface area (Å²) < 4.78 is 10.4. The topological polar surface area (TPSA) is 118 Å². The van der Waals surface area contributed by atoms with E-state index < -0.39 is 18.2 Å². The van der Waals surface area contributed by atoms with Crippen molar-refractivity contribution in [3.63, 3.8) is 0 Å². The molecule has 11 nitrogen and oxygen atoms in total. The number of aromatic nitrogens is 3. The Hall–Kier alpha value is -3.31. The first-order valence-electron chi connectivity index (χ1n) is 9.07.